The van der Waals surface area contributed by atoms with Crippen LogP contribution in [0.3, 0.4) is 0 Å². The van der Waals surface area contributed by atoms with E-state index in [0.717, 1.165) is 79.6 Å². The molecule has 1 saturated heterocycles. The van der Waals surface area contributed by atoms with Gasteiger partial charge >= 0.3 is 11.9 Å². The lowest BCUT2D eigenvalue weighted by Crippen LogP contribution is -2.52. The zero-order valence-electron chi connectivity index (χ0n) is 22.7. The number of rotatable bonds is 6. The Morgan fingerprint density at radius 2 is 1.92 bits per heavy atom. The van der Waals surface area contributed by atoms with E-state index in [1.165, 1.54) is 36.8 Å². The maximum atomic E-state index is 13.8. The highest BCUT2D eigenvalue weighted by molar-refractivity contribution is 6.00. The molecule has 5 nitrogen and oxygen atoms in total. The minimum Gasteiger partial charge on any atom is -0.427 e. The largest absolute Gasteiger partial charge is 0.427 e. The third-order valence-electron chi connectivity index (χ3n) is 10.9. The number of esters is 2. The van der Waals surface area contributed by atoms with Crippen LogP contribution in [0.15, 0.2) is 64.4 Å². The van der Waals surface area contributed by atoms with Gasteiger partial charge in [-0.25, -0.2) is 9.59 Å². The van der Waals surface area contributed by atoms with E-state index in [4.69, 9.17) is 9.47 Å². The van der Waals surface area contributed by atoms with E-state index in [0.29, 0.717) is 11.8 Å². The summed E-state index contributed by atoms with van der Waals surface area (Å²) in [4.78, 5) is 30.6. The van der Waals surface area contributed by atoms with Crippen molar-refractivity contribution in [2.45, 2.75) is 90.9 Å². The molecule has 1 spiro atoms. The van der Waals surface area contributed by atoms with Gasteiger partial charge < -0.3 is 14.5 Å². The Hall–Kier alpha value is -2.82. The fourth-order valence-electron chi connectivity index (χ4n) is 9.16. The molecule has 5 heteroatoms. The van der Waals surface area contributed by atoms with Crippen molar-refractivity contribution in [1.82, 2.24) is 4.98 Å². The van der Waals surface area contributed by atoms with E-state index < -0.39 is 5.41 Å². The van der Waals surface area contributed by atoms with Crippen molar-refractivity contribution >= 4 is 11.9 Å². The molecule has 0 amide bonds. The summed E-state index contributed by atoms with van der Waals surface area (Å²) in [6.07, 6.45) is 20.8. The van der Waals surface area contributed by atoms with Gasteiger partial charge in [-0.1, -0.05) is 38.7 Å². The van der Waals surface area contributed by atoms with Crippen LogP contribution in [-0.2, 0) is 25.5 Å². The molecule has 3 heterocycles. The second-order valence-electron chi connectivity index (χ2n) is 12.6. The molecule has 38 heavy (non-hydrogen) atoms. The Morgan fingerprint density at radius 1 is 1.08 bits per heavy atom. The first-order valence-corrected chi connectivity index (χ1v) is 15.0. The van der Waals surface area contributed by atoms with Crippen LogP contribution in [0.1, 0.15) is 90.0 Å². The van der Waals surface area contributed by atoms with Gasteiger partial charge in [0.25, 0.3) is 0 Å². The Balaban J connectivity index is 1.40. The number of aromatic amines is 1. The molecular formula is C33H39NO4. The van der Waals surface area contributed by atoms with Crippen molar-refractivity contribution in [3.8, 4) is 0 Å². The number of H-pyrrole nitrogens is 1. The average Bonchev–Trinajstić information content (AvgIpc) is 3.72. The van der Waals surface area contributed by atoms with Gasteiger partial charge in [0.15, 0.2) is 0 Å². The number of hydrogen-bond donors (Lipinski definition) is 1. The summed E-state index contributed by atoms with van der Waals surface area (Å²) in [6.45, 7) is 4.42. The molecule has 2 bridgehead atoms. The third kappa shape index (κ3) is 3.29. The average molecular weight is 514 g/mol. The van der Waals surface area contributed by atoms with Crippen LogP contribution >= 0.6 is 0 Å². The van der Waals surface area contributed by atoms with Crippen molar-refractivity contribution in [3.63, 3.8) is 0 Å². The molecule has 7 aliphatic rings. The normalized spacial score (nSPS) is 35.2. The molecule has 0 radical (unpaired) electrons. The summed E-state index contributed by atoms with van der Waals surface area (Å²) in [5.41, 5.74) is 4.91. The number of hydrogen-bond acceptors (Lipinski definition) is 4. The molecule has 1 aromatic heterocycles. The molecule has 1 aromatic rings. The number of nitrogens with one attached hydrogen (secondary N) is 1. The molecule has 200 valence electrons. The van der Waals surface area contributed by atoms with E-state index in [1.807, 2.05) is 12.4 Å². The van der Waals surface area contributed by atoms with Gasteiger partial charge in [0.1, 0.15) is 11.5 Å². The lowest BCUT2D eigenvalue weighted by molar-refractivity contribution is -0.135. The highest BCUT2D eigenvalue weighted by Crippen LogP contribution is 2.70. The minimum atomic E-state index is -0.539. The highest BCUT2D eigenvalue weighted by Gasteiger charge is 2.68. The molecule has 2 saturated carbocycles. The molecule has 8 rings (SSSR count). The number of allylic oxidation sites excluding steroid dienone is 5. The standard InChI is InChI=1S/C33H39NO4/c1-3-5-8-26-33-15-11-21(24(29(33)31(36)38-26)17-20-12-16-34-19-20)22-9-10-23-25(37-30(35)27(23)28(22)33)18-32(4-2)13-6-7-14-32/h8,12,16,18-19,21-22,28,34H,3-7,9-11,13-15,17H2,1-2H3. The molecule has 1 N–H and O–H groups in total. The van der Waals surface area contributed by atoms with Crippen molar-refractivity contribution < 1.29 is 19.1 Å². The van der Waals surface area contributed by atoms with Gasteiger partial charge in [-0.15, -0.1) is 0 Å². The van der Waals surface area contributed by atoms with Crippen LogP contribution in [0.5, 0.6) is 0 Å². The topological polar surface area (TPSA) is 68.4 Å². The van der Waals surface area contributed by atoms with E-state index in [-0.39, 0.29) is 23.3 Å². The molecule has 5 aliphatic carbocycles. The number of aromatic nitrogens is 1. The predicted molar refractivity (Wildman–Crippen MR) is 144 cm³/mol. The van der Waals surface area contributed by atoms with Crippen LogP contribution in [-0.4, -0.2) is 16.9 Å². The van der Waals surface area contributed by atoms with Gasteiger partial charge in [-0.05, 0) is 98.8 Å². The first-order valence-electron chi connectivity index (χ1n) is 15.0. The van der Waals surface area contributed by atoms with Crippen LogP contribution in [0, 0.1) is 28.6 Å². The van der Waals surface area contributed by atoms with Crippen molar-refractivity contribution in [2.75, 3.05) is 0 Å². The molecule has 2 aliphatic heterocycles. The van der Waals surface area contributed by atoms with E-state index in [2.05, 4.69) is 37.0 Å². The molecule has 0 aromatic carbocycles. The Labute approximate surface area is 225 Å². The zero-order chi connectivity index (χ0) is 26.1. The predicted octanol–water partition coefficient (Wildman–Crippen LogP) is 7.24. The molecule has 3 fully saturated rings. The summed E-state index contributed by atoms with van der Waals surface area (Å²) in [5.74, 6) is 1.87. The number of carbonyl (C=O) groups excluding carboxylic acids is 2. The number of cyclic esters (lactones) is 2. The minimum absolute atomic E-state index is 0.0379. The fourth-order valence-corrected chi connectivity index (χ4v) is 9.16. The summed E-state index contributed by atoms with van der Waals surface area (Å²) in [7, 11) is 0. The molecule has 4 unspecified atom stereocenters. The highest BCUT2D eigenvalue weighted by atomic mass is 16.5. The number of unbranched alkanes of at least 4 members (excludes halogenated alkanes) is 1. The van der Waals surface area contributed by atoms with E-state index in [1.54, 1.807) is 0 Å². The van der Waals surface area contributed by atoms with Gasteiger partial charge in [0.2, 0.25) is 0 Å². The smallest absolute Gasteiger partial charge is 0.340 e. The lowest BCUT2D eigenvalue weighted by Gasteiger charge is -2.56. The molecule has 4 atom stereocenters. The van der Waals surface area contributed by atoms with Crippen molar-refractivity contribution in [2.24, 2.45) is 28.6 Å². The second-order valence-corrected chi connectivity index (χ2v) is 12.6. The first kappa shape index (κ1) is 24.2. The first-order chi connectivity index (χ1) is 18.5. The number of fused-ring (bicyclic) bond motifs is 1. The number of ether oxygens (including phenoxy) is 2. The summed E-state index contributed by atoms with van der Waals surface area (Å²) < 4.78 is 12.3. The van der Waals surface area contributed by atoms with Gasteiger partial charge in [0, 0.05) is 29.5 Å². The Kier molecular flexibility index (Phi) is 5.65. The van der Waals surface area contributed by atoms with Gasteiger partial charge in [-0.3, -0.25) is 0 Å². The van der Waals surface area contributed by atoms with Crippen molar-refractivity contribution in [3.05, 3.63) is 70.0 Å². The second kappa shape index (κ2) is 8.86. The van der Waals surface area contributed by atoms with Crippen molar-refractivity contribution in [1.29, 1.82) is 0 Å². The van der Waals surface area contributed by atoms with Gasteiger partial charge in [0.05, 0.1) is 11.0 Å². The van der Waals surface area contributed by atoms with Crippen LogP contribution in [0.4, 0.5) is 0 Å². The fraction of sp³-hybridized carbons (Fsp3) is 0.576. The SMILES string of the molecule is CCCC=C1OC(=O)C2=C(Cc3cc[nH]c3)C3CCC12C1C2=C(CCC31)C(=CC1(CC)CCCC1)OC2=O. The molecular weight excluding hydrogens is 474 g/mol. The summed E-state index contributed by atoms with van der Waals surface area (Å²) in [6, 6.07) is 2.10. The summed E-state index contributed by atoms with van der Waals surface area (Å²) in [5, 5.41) is 0. The number of carbonyl (C=O) groups is 2. The van der Waals surface area contributed by atoms with Crippen LogP contribution in [0.2, 0.25) is 0 Å². The lowest BCUT2D eigenvalue weighted by atomic mass is 9.44. The maximum Gasteiger partial charge on any atom is 0.340 e. The Bertz CT molecular complexity index is 1300. The maximum absolute atomic E-state index is 13.8. The van der Waals surface area contributed by atoms with Crippen LogP contribution < -0.4 is 0 Å². The quantitative estimate of drug-likeness (QED) is 0.407. The van der Waals surface area contributed by atoms with Gasteiger partial charge in [-0.2, -0.15) is 0 Å². The summed E-state index contributed by atoms with van der Waals surface area (Å²) >= 11 is 0. The Morgan fingerprint density at radius 3 is 2.66 bits per heavy atom. The van der Waals surface area contributed by atoms with E-state index in [9.17, 15) is 9.59 Å². The van der Waals surface area contributed by atoms with E-state index >= 15 is 0 Å². The monoisotopic (exact) mass is 513 g/mol. The third-order valence-corrected chi connectivity index (χ3v) is 10.9. The zero-order valence-corrected chi connectivity index (χ0v) is 22.7. The van der Waals surface area contributed by atoms with Crippen LogP contribution in [0.25, 0.3) is 0 Å².